The molecule has 0 aromatic heterocycles. The van der Waals surface area contributed by atoms with Gasteiger partial charge in [-0.1, -0.05) is 26.0 Å². The lowest BCUT2D eigenvalue weighted by Crippen LogP contribution is -2.24. The maximum Gasteiger partial charge on any atom is 0.0314 e. The molecule has 16 heavy (non-hydrogen) atoms. The fourth-order valence-electron chi connectivity index (χ4n) is 2.46. The van der Waals surface area contributed by atoms with Gasteiger partial charge in [0.1, 0.15) is 0 Å². The van der Waals surface area contributed by atoms with Crippen molar-refractivity contribution in [2.75, 3.05) is 25.4 Å². The average Bonchev–Trinajstić information content (AvgIpc) is 2.66. The van der Waals surface area contributed by atoms with E-state index < -0.39 is 0 Å². The lowest BCUT2D eigenvalue weighted by molar-refractivity contribution is 0.347. The Hall–Kier alpha value is -1.02. The van der Waals surface area contributed by atoms with Crippen molar-refractivity contribution in [1.29, 1.82) is 0 Å². The van der Waals surface area contributed by atoms with E-state index in [9.17, 15) is 0 Å². The molecule has 0 spiro atoms. The Balaban J connectivity index is 1.95. The number of likely N-dealkylation sites (tertiary alicyclic amines) is 1. The van der Waals surface area contributed by atoms with Crippen molar-refractivity contribution in [1.82, 2.24) is 4.90 Å². The van der Waals surface area contributed by atoms with E-state index in [0.717, 1.165) is 12.2 Å². The van der Waals surface area contributed by atoms with Crippen molar-refractivity contribution in [3.8, 4) is 0 Å². The van der Waals surface area contributed by atoms with E-state index in [-0.39, 0.29) is 0 Å². The topological polar surface area (TPSA) is 29.3 Å². The maximum atomic E-state index is 5.70. The molecule has 1 unspecified atom stereocenters. The van der Waals surface area contributed by atoms with Crippen LogP contribution in [0, 0.1) is 5.92 Å². The van der Waals surface area contributed by atoms with Crippen molar-refractivity contribution in [2.45, 2.75) is 26.2 Å². The molecule has 0 saturated carbocycles. The van der Waals surface area contributed by atoms with Crippen LogP contribution in [0.1, 0.15) is 31.7 Å². The normalized spacial score (nSPS) is 21.8. The third-order valence-corrected chi connectivity index (χ3v) is 3.22. The summed E-state index contributed by atoms with van der Waals surface area (Å²) in [7, 11) is 0. The largest absolute Gasteiger partial charge is 0.399 e. The van der Waals surface area contributed by atoms with Crippen LogP contribution in [-0.2, 0) is 0 Å². The molecule has 1 aliphatic heterocycles. The van der Waals surface area contributed by atoms with Crippen LogP contribution in [0.4, 0.5) is 5.69 Å². The van der Waals surface area contributed by atoms with Crippen LogP contribution in [0.5, 0.6) is 0 Å². The molecule has 2 rings (SSSR count). The van der Waals surface area contributed by atoms with E-state index in [1.807, 2.05) is 12.1 Å². The predicted octanol–water partition coefficient (Wildman–Crippen LogP) is 2.67. The number of nitrogen functional groups attached to an aromatic ring is 1. The third-order valence-electron chi connectivity index (χ3n) is 3.22. The number of anilines is 1. The lowest BCUT2D eigenvalue weighted by atomic mass is 9.98. The summed E-state index contributed by atoms with van der Waals surface area (Å²) in [5, 5.41) is 0. The zero-order valence-corrected chi connectivity index (χ0v) is 10.2. The zero-order valence-electron chi connectivity index (χ0n) is 10.2. The molecule has 0 bridgehead atoms. The molecule has 1 atom stereocenters. The van der Waals surface area contributed by atoms with Crippen LogP contribution < -0.4 is 5.73 Å². The minimum Gasteiger partial charge on any atom is -0.399 e. The second kappa shape index (κ2) is 4.88. The molecular formula is C14H21N2. The number of rotatable bonds is 3. The fourth-order valence-corrected chi connectivity index (χ4v) is 2.46. The summed E-state index contributed by atoms with van der Waals surface area (Å²) < 4.78 is 0. The van der Waals surface area contributed by atoms with Gasteiger partial charge in [-0.3, -0.25) is 0 Å². The molecule has 87 valence electrons. The average molecular weight is 217 g/mol. The predicted molar refractivity (Wildman–Crippen MR) is 69.2 cm³/mol. The molecule has 2 N–H and O–H groups in total. The van der Waals surface area contributed by atoms with Gasteiger partial charge in [0.05, 0.1) is 0 Å². The van der Waals surface area contributed by atoms with Crippen LogP contribution in [0.3, 0.4) is 0 Å². The molecule has 1 aliphatic rings. The van der Waals surface area contributed by atoms with Gasteiger partial charge in [-0.15, -0.1) is 0 Å². The molecule has 2 nitrogen and oxygen atoms in total. The molecule has 0 amide bonds. The summed E-state index contributed by atoms with van der Waals surface area (Å²) in [5.74, 6) is 2.19. The summed E-state index contributed by atoms with van der Waals surface area (Å²) in [5.41, 5.74) is 8.00. The summed E-state index contributed by atoms with van der Waals surface area (Å²) in [6, 6.07) is 8.36. The molecule has 1 heterocycles. The van der Waals surface area contributed by atoms with Gasteiger partial charge in [0, 0.05) is 18.8 Å². The van der Waals surface area contributed by atoms with E-state index in [2.05, 4.69) is 30.9 Å². The number of nitrogens with zero attached hydrogens (tertiary/aromatic N) is 1. The second-order valence-corrected chi connectivity index (χ2v) is 5.09. The standard InChI is InChI=1S/C14H21N2/c1-11(2)9-16-8-7-13(10-16)12-3-5-14(15)6-4-12/h3-6,13H,7-10,15H2,1-2H3. The molecule has 1 radical (unpaired) electrons. The number of benzene rings is 1. The van der Waals surface area contributed by atoms with Gasteiger partial charge >= 0.3 is 0 Å². The maximum absolute atomic E-state index is 5.70. The van der Waals surface area contributed by atoms with E-state index in [4.69, 9.17) is 5.73 Å². The van der Waals surface area contributed by atoms with Gasteiger partial charge < -0.3 is 10.6 Å². The van der Waals surface area contributed by atoms with Gasteiger partial charge in [-0.05, 0) is 42.5 Å². The van der Waals surface area contributed by atoms with E-state index >= 15 is 0 Å². The highest BCUT2D eigenvalue weighted by Gasteiger charge is 2.23. The summed E-state index contributed by atoms with van der Waals surface area (Å²) in [4.78, 5) is 2.54. The number of hydrogen-bond acceptors (Lipinski definition) is 2. The van der Waals surface area contributed by atoms with Gasteiger partial charge in [0.15, 0.2) is 0 Å². The first-order chi connectivity index (χ1) is 7.65. The first kappa shape index (κ1) is 11.5. The number of hydrogen-bond donors (Lipinski definition) is 1. The highest BCUT2D eigenvalue weighted by atomic mass is 15.1. The molecule has 1 fully saturated rings. The molecule has 0 aliphatic carbocycles. The first-order valence-corrected chi connectivity index (χ1v) is 6.02. The Morgan fingerprint density at radius 2 is 2.00 bits per heavy atom. The monoisotopic (exact) mass is 217 g/mol. The van der Waals surface area contributed by atoms with Crippen molar-refractivity contribution < 1.29 is 0 Å². The molecular weight excluding hydrogens is 196 g/mol. The Bertz CT molecular complexity index is 329. The van der Waals surface area contributed by atoms with Crippen LogP contribution in [0.15, 0.2) is 24.3 Å². The molecule has 1 aromatic carbocycles. The molecule has 1 saturated heterocycles. The Morgan fingerprint density at radius 3 is 2.62 bits per heavy atom. The van der Waals surface area contributed by atoms with Gasteiger partial charge in [0.25, 0.3) is 0 Å². The summed E-state index contributed by atoms with van der Waals surface area (Å²) in [6.07, 6.45) is 1.27. The fraction of sp³-hybridized carbons (Fsp3) is 0.500. The van der Waals surface area contributed by atoms with Gasteiger partial charge in [-0.2, -0.15) is 0 Å². The Morgan fingerprint density at radius 1 is 1.31 bits per heavy atom. The minimum atomic E-state index is 0.694. The van der Waals surface area contributed by atoms with Crippen LogP contribution in [0.2, 0.25) is 0 Å². The summed E-state index contributed by atoms with van der Waals surface area (Å²) in [6.45, 7) is 7.97. The van der Waals surface area contributed by atoms with Crippen LogP contribution in [0.25, 0.3) is 0 Å². The van der Waals surface area contributed by atoms with Crippen molar-refractivity contribution in [2.24, 2.45) is 0 Å². The quantitative estimate of drug-likeness (QED) is 0.789. The number of nitrogens with two attached hydrogens (primary N) is 1. The highest BCUT2D eigenvalue weighted by molar-refractivity contribution is 5.40. The van der Waals surface area contributed by atoms with Crippen molar-refractivity contribution in [3.05, 3.63) is 35.7 Å². The van der Waals surface area contributed by atoms with E-state index in [1.165, 1.54) is 31.0 Å². The highest BCUT2D eigenvalue weighted by Crippen LogP contribution is 2.28. The third kappa shape index (κ3) is 2.76. The smallest absolute Gasteiger partial charge is 0.0314 e. The second-order valence-electron chi connectivity index (χ2n) is 5.09. The Kier molecular flexibility index (Phi) is 3.49. The SMILES string of the molecule is C[C](C)CN1CCC(c2ccc(N)cc2)C1. The molecule has 1 aromatic rings. The van der Waals surface area contributed by atoms with Crippen molar-refractivity contribution in [3.63, 3.8) is 0 Å². The van der Waals surface area contributed by atoms with Crippen LogP contribution in [-0.4, -0.2) is 24.5 Å². The first-order valence-electron chi connectivity index (χ1n) is 6.02. The van der Waals surface area contributed by atoms with Crippen molar-refractivity contribution >= 4 is 5.69 Å². The lowest BCUT2D eigenvalue weighted by Gasteiger charge is -2.18. The minimum absolute atomic E-state index is 0.694. The van der Waals surface area contributed by atoms with E-state index in [0.29, 0.717) is 5.92 Å². The van der Waals surface area contributed by atoms with Gasteiger partial charge in [0.2, 0.25) is 0 Å². The molecule has 2 heteroatoms. The Labute approximate surface area is 98.4 Å². The summed E-state index contributed by atoms with van der Waals surface area (Å²) >= 11 is 0. The van der Waals surface area contributed by atoms with E-state index in [1.54, 1.807) is 0 Å². The van der Waals surface area contributed by atoms with Crippen LogP contribution >= 0.6 is 0 Å². The zero-order chi connectivity index (χ0) is 11.5. The van der Waals surface area contributed by atoms with Gasteiger partial charge in [-0.25, -0.2) is 0 Å².